The molecule has 0 atom stereocenters. The molecule has 1 fully saturated rings. The lowest BCUT2D eigenvalue weighted by atomic mass is 10.2. The van der Waals surface area contributed by atoms with Gasteiger partial charge >= 0.3 is 0 Å². The summed E-state index contributed by atoms with van der Waals surface area (Å²) in [6.07, 6.45) is 0. The van der Waals surface area contributed by atoms with Gasteiger partial charge in [-0.3, -0.25) is 0 Å². The molecule has 7 nitrogen and oxygen atoms in total. The lowest BCUT2D eigenvalue weighted by Crippen LogP contribution is -2.52. The molecule has 3 rings (SSSR count). The zero-order valence-electron chi connectivity index (χ0n) is 18.3. The van der Waals surface area contributed by atoms with Crippen LogP contribution < -0.4 is 24.4 Å². The summed E-state index contributed by atoms with van der Waals surface area (Å²) in [6, 6.07) is 8.23. The summed E-state index contributed by atoms with van der Waals surface area (Å²) >= 11 is 1.80. The van der Waals surface area contributed by atoms with E-state index in [1.165, 1.54) is 5.00 Å². The Morgan fingerprint density at radius 3 is 2.33 bits per heavy atom. The molecule has 2 aromatic rings. The van der Waals surface area contributed by atoms with E-state index in [9.17, 15) is 0 Å². The molecule has 1 aliphatic rings. The van der Waals surface area contributed by atoms with E-state index in [0.29, 0.717) is 30.4 Å². The first-order valence-corrected chi connectivity index (χ1v) is 11.3. The molecule has 0 spiro atoms. The third kappa shape index (κ3) is 5.30. The van der Waals surface area contributed by atoms with Crippen molar-refractivity contribution in [2.24, 2.45) is 4.99 Å². The first-order chi connectivity index (χ1) is 14.7. The van der Waals surface area contributed by atoms with Crippen LogP contribution in [0.3, 0.4) is 0 Å². The Hall–Kier alpha value is -2.61. The van der Waals surface area contributed by atoms with Crippen molar-refractivity contribution in [1.82, 2.24) is 10.2 Å². The molecule has 0 aliphatic carbocycles. The van der Waals surface area contributed by atoms with Crippen LogP contribution in [0.1, 0.15) is 19.4 Å². The number of methoxy groups -OCH3 is 2. The number of aliphatic imine (C=N–C) groups is 1. The second-order valence-corrected chi connectivity index (χ2v) is 7.78. The van der Waals surface area contributed by atoms with E-state index >= 15 is 0 Å². The highest BCUT2D eigenvalue weighted by atomic mass is 32.1. The van der Waals surface area contributed by atoms with E-state index in [1.807, 2.05) is 19.1 Å². The van der Waals surface area contributed by atoms with Gasteiger partial charge in [-0.05, 0) is 49.1 Å². The Balaban J connectivity index is 1.72. The number of rotatable bonds is 8. The molecule has 0 saturated carbocycles. The zero-order chi connectivity index (χ0) is 21.3. The van der Waals surface area contributed by atoms with Crippen LogP contribution in [0.5, 0.6) is 17.2 Å². The summed E-state index contributed by atoms with van der Waals surface area (Å²) in [7, 11) is 3.28. The predicted molar refractivity (Wildman–Crippen MR) is 124 cm³/mol. The van der Waals surface area contributed by atoms with E-state index in [-0.39, 0.29) is 0 Å². The van der Waals surface area contributed by atoms with Crippen molar-refractivity contribution in [3.63, 3.8) is 0 Å². The van der Waals surface area contributed by atoms with Gasteiger partial charge in [-0.1, -0.05) is 0 Å². The maximum Gasteiger partial charge on any atom is 0.203 e. The summed E-state index contributed by atoms with van der Waals surface area (Å²) in [6.45, 7) is 9.83. The molecule has 0 amide bonds. The van der Waals surface area contributed by atoms with Crippen LogP contribution in [0.15, 0.2) is 34.6 Å². The standard InChI is InChI=1S/C22H32N4O3S/c1-5-23-22(26-11-9-25(10-12-26)20-8-7-13-30-20)24-16-17-14-18(27-3)21(29-6-2)19(15-17)28-4/h7-8,13-15H,5-6,9-12,16H2,1-4H3,(H,23,24). The van der Waals surface area contributed by atoms with E-state index < -0.39 is 0 Å². The maximum atomic E-state index is 5.69. The lowest BCUT2D eigenvalue weighted by Gasteiger charge is -2.37. The van der Waals surface area contributed by atoms with Crippen molar-refractivity contribution in [2.75, 3.05) is 58.5 Å². The summed E-state index contributed by atoms with van der Waals surface area (Å²) in [5.41, 5.74) is 1.01. The van der Waals surface area contributed by atoms with Crippen LogP contribution in [0.2, 0.25) is 0 Å². The van der Waals surface area contributed by atoms with Gasteiger partial charge < -0.3 is 29.3 Å². The van der Waals surface area contributed by atoms with Crippen molar-refractivity contribution >= 4 is 22.3 Å². The van der Waals surface area contributed by atoms with Gasteiger partial charge in [-0.25, -0.2) is 4.99 Å². The summed E-state index contributed by atoms with van der Waals surface area (Å²) in [4.78, 5) is 9.65. The van der Waals surface area contributed by atoms with Gasteiger partial charge in [0.2, 0.25) is 5.75 Å². The Labute approximate surface area is 183 Å². The van der Waals surface area contributed by atoms with Crippen molar-refractivity contribution in [3.05, 3.63) is 35.2 Å². The number of piperazine rings is 1. The molecule has 8 heteroatoms. The van der Waals surface area contributed by atoms with Crippen LogP contribution >= 0.6 is 11.3 Å². The smallest absolute Gasteiger partial charge is 0.203 e. The number of nitrogens with zero attached hydrogens (tertiary/aromatic N) is 3. The quantitative estimate of drug-likeness (QED) is 0.509. The highest BCUT2D eigenvalue weighted by Crippen LogP contribution is 2.38. The molecule has 0 bridgehead atoms. The third-order valence-corrected chi connectivity index (χ3v) is 5.88. The number of thiophene rings is 1. The van der Waals surface area contributed by atoms with Crippen LogP contribution in [0.4, 0.5) is 5.00 Å². The number of nitrogens with one attached hydrogen (secondary N) is 1. The van der Waals surface area contributed by atoms with Gasteiger partial charge in [0.15, 0.2) is 17.5 Å². The molecular formula is C22H32N4O3S. The highest BCUT2D eigenvalue weighted by Gasteiger charge is 2.20. The van der Waals surface area contributed by atoms with Gasteiger partial charge in [-0.2, -0.15) is 0 Å². The van der Waals surface area contributed by atoms with Gasteiger partial charge in [0.25, 0.3) is 0 Å². The van der Waals surface area contributed by atoms with Gasteiger partial charge in [0.05, 0.1) is 32.4 Å². The minimum atomic E-state index is 0.534. The molecular weight excluding hydrogens is 400 g/mol. The SMILES string of the molecule is CCNC(=NCc1cc(OC)c(OCC)c(OC)c1)N1CCN(c2cccs2)CC1. The number of guanidine groups is 1. The fourth-order valence-corrected chi connectivity index (χ4v) is 4.28. The van der Waals surface area contributed by atoms with E-state index in [4.69, 9.17) is 19.2 Å². The predicted octanol–water partition coefficient (Wildman–Crippen LogP) is 3.45. The van der Waals surface area contributed by atoms with Crippen LogP contribution in [-0.4, -0.2) is 64.4 Å². The number of hydrogen-bond acceptors (Lipinski definition) is 6. The minimum Gasteiger partial charge on any atom is -0.493 e. The Bertz CT molecular complexity index is 793. The molecule has 1 aromatic carbocycles. The lowest BCUT2D eigenvalue weighted by molar-refractivity contribution is 0.288. The molecule has 30 heavy (non-hydrogen) atoms. The monoisotopic (exact) mass is 432 g/mol. The summed E-state index contributed by atoms with van der Waals surface area (Å²) in [5.74, 6) is 2.90. The summed E-state index contributed by atoms with van der Waals surface area (Å²) < 4.78 is 16.7. The Morgan fingerprint density at radius 1 is 1.10 bits per heavy atom. The topological polar surface area (TPSA) is 58.6 Å². The van der Waals surface area contributed by atoms with Gasteiger partial charge in [0, 0.05) is 32.7 Å². The number of hydrogen-bond donors (Lipinski definition) is 1. The highest BCUT2D eigenvalue weighted by molar-refractivity contribution is 7.14. The first kappa shape index (κ1) is 22.1. The van der Waals surface area contributed by atoms with Crippen molar-refractivity contribution in [2.45, 2.75) is 20.4 Å². The van der Waals surface area contributed by atoms with E-state index in [2.05, 4.69) is 39.6 Å². The average molecular weight is 433 g/mol. The average Bonchev–Trinajstić information content (AvgIpc) is 3.32. The number of anilines is 1. The molecule has 0 radical (unpaired) electrons. The minimum absolute atomic E-state index is 0.534. The maximum absolute atomic E-state index is 5.69. The second kappa shape index (κ2) is 11.0. The Morgan fingerprint density at radius 2 is 1.80 bits per heavy atom. The van der Waals surface area contributed by atoms with Gasteiger partial charge in [0.1, 0.15) is 0 Å². The molecule has 2 heterocycles. The molecule has 1 N–H and O–H groups in total. The normalized spacial score (nSPS) is 14.6. The van der Waals surface area contributed by atoms with Crippen LogP contribution in [0.25, 0.3) is 0 Å². The van der Waals surface area contributed by atoms with Crippen molar-refractivity contribution in [3.8, 4) is 17.2 Å². The van der Waals surface area contributed by atoms with Gasteiger partial charge in [-0.15, -0.1) is 11.3 Å². The third-order valence-electron chi connectivity index (χ3n) is 4.95. The van der Waals surface area contributed by atoms with Crippen molar-refractivity contribution in [1.29, 1.82) is 0 Å². The first-order valence-electron chi connectivity index (χ1n) is 10.4. The summed E-state index contributed by atoms with van der Waals surface area (Å²) in [5, 5.41) is 6.90. The number of benzene rings is 1. The largest absolute Gasteiger partial charge is 0.493 e. The second-order valence-electron chi connectivity index (χ2n) is 6.86. The fraction of sp³-hybridized carbons (Fsp3) is 0.500. The molecule has 1 saturated heterocycles. The van der Waals surface area contributed by atoms with Crippen molar-refractivity contribution < 1.29 is 14.2 Å². The molecule has 1 aliphatic heterocycles. The van der Waals surface area contributed by atoms with E-state index in [0.717, 1.165) is 44.2 Å². The Kier molecular flexibility index (Phi) is 8.07. The fourth-order valence-electron chi connectivity index (χ4n) is 3.49. The molecule has 1 aromatic heterocycles. The van der Waals surface area contributed by atoms with E-state index in [1.54, 1.807) is 25.6 Å². The number of ether oxygens (including phenoxy) is 3. The molecule has 0 unspecified atom stereocenters. The molecule has 164 valence electrons. The zero-order valence-corrected chi connectivity index (χ0v) is 19.1. The van der Waals surface area contributed by atoms with Crippen LogP contribution in [-0.2, 0) is 6.54 Å². The van der Waals surface area contributed by atoms with Crippen LogP contribution in [0, 0.1) is 0 Å².